The van der Waals surface area contributed by atoms with E-state index in [0.717, 1.165) is 40.3 Å². The number of anilines is 1. The number of benzene rings is 2. The third-order valence-electron chi connectivity index (χ3n) is 8.30. The lowest BCUT2D eigenvalue weighted by Crippen LogP contribution is -2.60. The number of carbonyl (C=O) groups excluding carboxylic acids is 2. The monoisotopic (exact) mass is 578 g/mol. The number of halogens is 2. The van der Waals surface area contributed by atoms with Crippen molar-refractivity contribution in [2.24, 2.45) is 0 Å². The van der Waals surface area contributed by atoms with E-state index in [1.807, 2.05) is 40.1 Å². The summed E-state index contributed by atoms with van der Waals surface area (Å²) in [6.45, 7) is 9.68. The Morgan fingerprint density at radius 3 is 2.63 bits per heavy atom. The van der Waals surface area contributed by atoms with Gasteiger partial charge in [-0.3, -0.25) is 14.5 Å². The highest BCUT2D eigenvalue weighted by molar-refractivity contribution is 5.98. The van der Waals surface area contributed by atoms with Gasteiger partial charge in [-0.25, -0.2) is 4.39 Å². The molecule has 1 saturated heterocycles. The first-order valence-electron chi connectivity index (χ1n) is 13.9. The molecule has 1 fully saturated rings. The Morgan fingerprint density at radius 2 is 1.88 bits per heavy atom. The van der Waals surface area contributed by atoms with Crippen LogP contribution in [-0.4, -0.2) is 76.6 Å². The fourth-order valence-electron chi connectivity index (χ4n) is 6.16. The van der Waals surface area contributed by atoms with Crippen LogP contribution >= 0.6 is 12.4 Å². The van der Waals surface area contributed by atoms with Crippen LogP contribution in [0.25, 0.3) is 0 Å². The molecule has 3 aliphatic heterocycles. The number of aromatic nitrogens is 2. The van der Waals surface area contributed by atoms with E-state index in [-0.39, 0.29) is 54.1 Å². The van der Waals surface area contributed by atoms with Crippen molar-refractivity contribution in [3.05, 3.63) is 88.5 Å². The number of carbonyl (C=O) groups is 2. The fourth-order valence-corrected chi connectivity index (χ4v) is 6.16. The summed E-state index contributed by atoms with van der Waals surface area (Å²) in [4.78, 5) is 32.9. The first kappa shape index (κ1) is 29.1. The molecule has 0 saturated carbocycles. The number of hydrogen-bond acceptors (Lipinski definition) is 6. The molecule has 1 N–H and O–H groups in total. The summed E-state index contributed by atoms with van der Waals surface area (Å²) >= 11 is 0. The van der Waals surface area contributed by atoms with E-state index in [1.54, 1.807) is 12.1 Å². The lowest BCUT2D eigenvalue weighted by molar-refractivity contribution is -0.120. The maximum absolute atomic E-state index is 13.9. The molecule has 0 spiro atoms. The van der Waals surface area contributed by atoms with Gasteiger partial charge >= 0.3 is 0 Å². The van der Waals surface area contributed by atoms with E-state index >= 15 is 0 Å². The summed E-state index contributed by atoms with van der Waals surface area (Å²) < 4.78 is 13.4. The van der Waals surface area contributed by atoms with Gasteiger partial charge in [0, 0.05) is 62.2 Å². The van der Waals surface area contributed by atoms with Crippen molar-refractivity contribution in [1.29, 1.82) is 0 Å². The Morgan fingerprint density at radius 1 is 1.12 bits per heavy atom. The van der Waals surface area contributed by atoms with Crippen LogP contribution in [-0.2, 0) is 23.2 Å². The topological polar surface area (TPSA) is 81.7 Å². The van der Waals surface area contributed by atoms with Gasteiger partial charge in [-0.2, -0.15) is 10.2 Å². The van der Waals surface area contributed by atoms with Crippen molar-refractivity contribution in [3.8, 4) is 0 Å². The Hall–Kier alpha value is -3.40. The molecule has 3 aliphatic rings. The number of nitrogens with one attached hydrogen (secondary N) is 1. The molecule has 0 bridgehead atoms. The molecule has 1 aromatic heterocycles. The lowest BCUT2D eigenvalue weighted by Gasteiger charge is -2.41. The Bertz CT molecular complexity index is 1450. The minimum Gasteiger partial charge on any atom is -0.333 e. The molecule has 41 heavy (non-hydrogen) atoms. The van der Waals surface area contributed by atoms with Gasteiger partial charge in [0.2, 0.25) is 5.91 Å². The van der Waals surface area contributed by atoms with Crippen molar-refractivity contribution >= 4 is 29.9 Å². The molecule has 0 unspecified atom stereocenters. The second-order valence-corrected chi connectivity index (χ2v) is 12.0. The fraction of sp³-hybridized carbons (Fsp3) is 0.419. The Labute approximate surface area is 246 Å². The molecule has 2 aromatic carbocycles. The SMILES string of the molecule is C[C@@H]1CN(CC(=O)N2CC(C)(C)c3nnc(Cc4ccc(F)cc4)cc32)[C@@H](CN2Cc3ccccc3C2=O)CN1.Cl. The van der Waals surface area contributed by atoms with E-state index in [2.05, 4.69) is 41.2 Å². The van der Waals surface area contributed by atoms with Crippen LogP contribution in [0, 0.1) is 5.82 Å². The zero-order valence-corrected chi connectivity index (χ0v) is 24.5. The van der Waals surface area contributed by atoms with Crippen molar-refractivity contribution in [2.75, 3.05) is 37.6 Å². The van der Waals surface area contributed by atoms with Gasteiger partial charge < -0.3 is 15.1 Å². The summed E-state index contributed by atoms with van der Waals surface area (Å²) in [6.07, 6.45) is 0.507. The number of nitrogens with zero attached hydrogens (tertiary/aromatic N) is 5. The number of rotatable bonds is 6. The number of amides is 2. The number of piperazine rings is 1. The van der Waals surface area contributed by atoms with E-state index < -0.39 is 0 Å². The quantitative estimate of drug-likeness (QED) is 0.482. The van der Waals surface area contributed by atoms with Crippen LogP contribution in [0.15, 0.2) is 54.6 Å². The van der Waals surface area contributed by atoms with Crippen LogP contribution in [0.2, 0.25) is 0 Å². The van der Waals surface area contributed by atoms with Crippen LogP contribution in [0.3, 0.4) is 0 Å². The standard InChI is InChI=1S/C31H35FN6O2.ClH/c1-20-15-36(25(14-33-20)17-37-16-22-6-4-5-7-26(22)30(37)40)18-28(39)38-19-31(2,3)29-27(38)13-24(34-35-29)12-21-8-10-23(32)11-9-21;/h4-11,13,20,25,33H,12,14-19H2,1-3H3;1H/t20-,25-;/m1./s1. The first-order valence-corrected chi connectivity index (χ1v) is 13.9. The van der Waals surface area contributed by atoms with Crippen molar-refractivity contribution in [1.82, 2.24) is 25.3 Å². The molecule has 216 valence electrons. The van der Waals surface area contributed by atoms with E-state index in [0.29, 0.717) is 32.6 Å². The minimum atomic E-state index is -0.323. The predicted octanol–water partition coefficient (Wildman–Crippen LogP) is 3.57. The third-order valence-corrected chi connectivity index (χ3v) is 8.30. The van der Waals surface area contributed by atoms with Gasteiger partial charge in [0.1, 0.15) is 5.82 Å². The highest BCUT2D eigenvalue weighted by Gasteiger charge is 2.41. The summed E-state index contributed by atoms with van der Waals surface area (Å²) in [7, 11) is 0. The molecule has 0 aliphatic carbocycles. The summed E-state index contributed by atoms with van der Waals surface area (Å²) in [6, 6.07) is 16.4. The van der Waals surface area contributed by atoms with Crippen LogP contribution < -0.4 is 10.2 Å². The van der Waals surface area contributed by atoms with Crippen molar-refractivity contribution in [2.45, 2.75) is 51.2 Å². The molecular weight excluding hydrogens is 543 g/mol. The van der Waals surface area contributed by atoms with Crippen LogP contribution in [0.1, 0.15) is 53.6 Å². The molecule has 4 heterocycles. The number of hydrogen-bond donors (Lipinski definition) is 1. The highest BCUT2D eigenvalue weighted by atomic mass is 35.5. The van der Waals surface area contributed by atoms with Crippen molar-refractivity contribution < 1.29 is 14.0 Å². The maximum atomic E-state index is 13.9. The average molecular weight is 579 g/mol. The van der Waals surface area contributed by atoms with E-state index in [4.69, 9.17) is 0 Å². The summed E-state index contributed by atoms with van der Waals surface area (Å²) in [5.41, 5.74) is 4.79. The van der Waals surface area contributed by atoms with Crippen molar-refractivity contribution in [3.63, 3.8) is 0 Å². The molecule has 0 radical (unpaired) electrons. The maximum Gasteiger partial charge on any atom is 0.254 e. The number of fused-ring (bicyclic) bond motifs is 2. The van der Waals surface area contributed by atoms with Crippen LogP contribution in [0.4, 0.5) is 10.1 Å². The molecule has 2 amide bonds. The molecule has 10 heteroatoms. The average Bonchev–Trinajstić information content (AvgIpc) is 3.39. The first-order chi connectivity index (χ1) is 19.2. The Kier molecular flexibility index (Phi) is 8.14. The zero-order chi connectivity index (χ0) is 28.0. The molecule has 3 aromatic rings. The van der Waals surface area contributed by atoms with Gasteiger partial charge in [0.05, 0.1) is 23.6 Å². The lowest BCUT2D eigenvalue weighted by atomic mass is 9.91. The smallest absolute Gasteiger partial charge is 0.254 e. The van der Waals surface area contributed by atoms with Gasteiger partial charge in [0.15, 0.2) is 0 Å². The third kappa shape index (κ3) is 5.84. The van der Waals surface area contributed by atoms with E-state index in [1.165, 1.54) is 12.1 Å². The van der Waals surface area contributed by atoms with Gasteiger partial charge in [0.25, 0.3) is 5.91 Å². The highest BCUT2D eigenvalue weighted by Crippen LogP contribution is 2.39. The molecule has 6 rings (SSSR count). The van der Waals surface area contributed by atoms with Gasteiger partial charge in [-0.1, -0.05) is 44.2 Å². The molecular formula is C31H36ClFN6O2. The minimum absolute atomic E-state index is 0. The normalized spacial score (nSPS) is 21.4. The summed E-state index contributed by atoms with van der Waals surface area (Å²) in [5, 5.41) is 12.5. The van der Waals surface area contributed by atoms with Crippen LogP contribution in [0.5, 0.6) is 0 Å². The van der Waals surface area contributed by atoms with Gasteiger partial charge in [-0.05, 0) is 42.3 Å². The largest absolute Gasteiger partial charge is 0.333 e. The predicted molar refractivity (Wildman–Crippen MR) is 158 cm³/mol. The second kappa shape index (κ2) is 11.5. The Balaban J connectivity index is 0.00000337. The summed E-state index contributed by atoms with van der Waals surface area (Å²) in [5.74, 6) is -0.202. The van der Waals surface area contributed by atoms with Gasteiger partial charge in [-0.15, -0.1) is 12.4 Å². The second-order valence-electron chi connectivity index (χ2n) is 12.0. The zero-order valence-electron chi connectivity index (χ0n) is 23.6. The van der Waals surface area contributed by atoms with E-state index in [9.17, 15) is 14.0 Å². The molecule has 2 atom stereocenters. The molecule has 8 nitrogen and oxygen atoms in total.